The third kappa shape index (κ3) is 4.55. The van der Waals surface area contributed by atoms with Crippen LogP contribution in [0.2, 0.25) is 0 Å². The maximum atomic E-state index is 12.2. The Morgan fingerprint density at radius 1 is 1.12 bits per heavy atom. The van der Waals surface area contributed by atoms with Gasteiger partial charge in [-0.3, -0.25) is 14.5 Å². The Kier molecular flexibility index (Phi) is 5.99. The summed E-state index contributed by atoms with van der Waals surface area (Å²) in [6.07, 6.45) is 0.396. The first kappa shape index (κ1) is 17.8. The molecule has 0 radical (unpaired) electrons. The van der Waals surface area contributed by atoms with Crippen LogP contribution in [0.25, 0.3) is 0 Å². The lowest BCUT2D eigenvalue weighted by atomic mass is 10.2. The summed E-state index contributed by atoms with van der Waals surface area (Å²) in [5.74, 6) is 1.62. The Labute approximate surface area is 151 Å². The number of piperazine rings is 1. The van der Waals surface area contributed by atoms with Crippen LogP contribution < -0.4 is 14.8 Å². The molecule has 1 aromatic carbocycles. The molecule has 1 N–H and O–H groups in total. The maximum absolute atomic E-state index is 12.2. The fraction of sp³-hybridized carbons (Fsp3) is 0.529. The van der Waals surface area contributed by atoms with Gasteiger partial charge >= 0.3 is 0 Å². The largest absolute Gasteiger partial charge is 0.454 e. The lowest BCUT2D eigenvalue weighted by Gasteiger charge is -2.34. The summed E-state index contributed by atoms with van der Waals surface area (Å²) in [6, 6.07) is 5.16. The molecule has 0 bridgehead atoms. The lowest BCUT2D eigenvalue weighted by molar-refractivity contribution is -0.132. The lowest BCUT2D eigenvalue weighted by Crippen LogP contribution is -2.50. The minimum atomic E-state index is -0.130. The van der Waals surface area contributed by atoms with Crippen molar-refractivity contribution < 1.29 is 19.1 Å². The highest BCUT2D eigenvalue weighted by atomic mass is 35.5. The van der Waals surface area contributed by atoms with E-state index < -0.39 is 0 Å². The summed E-state index contributed by atoms with van der Waals surface area (Å²) >= 11 is 5.61. The fourth-order valence-corrected chi connectivity index (χ4v) is 3.09. The Balaban J connectivity index is 1.39. The minimum absolute atomic E-state index is 0.116. The van der Waals surface area contributed by atoms with E-state index >= 15 is 0 Å². The number of amides is 2. The third-order valence-electron chi connectivity index (χ3n) is 4.38. The molecule has 7 nitrogen and oxygen atoms in total. The van der Waals surface area contributed by atoms with Gasteiger partial charge in [-0.05, 0) is 18.2 Å². The molecule has 3 rings (SSSR count). The average molecular weight is 368 g/mol. The molecular weight excluding hydrogens is 346 g/mol. The van der Waals surface area contributed by atoms with Crippen LogP contribution in [0.15, 0.2) is 18.2 Å². The summed E-state index contributed by atoms with van der Waals surface area (Å²) in [7, 11) is 0. The summed E-state index contributed by atoms with van der Waals surface area (Å²) in [5.41, 5.74) is 0.556. The maximum Gasteiger partial charge on any atom is 0.251 e. The fourth-order valence-electron chi connectivity index (χ4n) is 2.93. The predicted molar refractivity (Wildman–Crippen MR) is 93.3 cm³/mol. The van der Waals surface area contributed by atoms with Gasteiger partial charge in [0.25, 0.3) is 5.91 Å². The van der Waals surface area contributed by atoms with Gasteiger partial charge in [0.2, 0.25) is 12.7 Å². The highest BCUT2D eigenvalue weighted by molar-refractivity contribution is 6.18. The van der Waals surface area contributed by atoms with Crippen molar-refractivity contribution in [2.75, 3.05) is 51.9 Å². The zero-order valence-electron chi connectivity index (χ0n) is 14.0. The number of halogens is 1. The predicted octanol–water partition coefficient (Wildman–Crippen LogP) is 0.918. The number of carbonyl (C=O) groups excluding carboxylic acids is 2. The summed E-state index contributed by atoms with van der Waals surface area (Å²) in [4.78, 5) is 28.1. The van der Waals surface area contributed by atoms with Gasteiger partial charge in [-0.2, -0.15) is 0 Å². The minimum Gasteiger partial charge on any atom is -0.454 e. The summed E-state index contributed by atoms with van der Waals surface area (Å²) < 4.78 is 10.5. The molecule has 2 aliphatic rings. The second-order valence-corrected chi connectivity index (χ2v) is 6.36. The van der Waals surface area contributed by atoms with E-state index in [2.05, 4.69) is 10.2 Å². The Hall–Kier alpha value is -1.99. The molecule has 1 fully saturated rings. The van der Waals surface area contributed by atoms with Gasteiger partial charge in [-0.1, -0.05) is 0 Å². The van der Waals surface area contributed by atoms with Gasteiger partial charge in [0.15, 0.2) is 11.5 Å². The molecule has 136 valence electrons. The number of nitrogens with one attached hydrogen (secondary N) is 1. The van der Waals surface area contributed by atoms with E-state index in [1.54, 1.807) is 18.2 Å². The smallest absolute Gasteiger partial charge is 0.251 e. The summed E-state index contributed by atoms with van der Waals surface area (Å²) in [6.45, 7) is 4.57. The van der Waals surface area contributed by atoms with Crippen molar-refractivity contribution >= 4 is 23.4 Å². The second-order valence-electron chi connectivity index (χ2n) is 5.99. The van der Waals surface area contributed by atoms with Crippen molar-refractivity contribution in [1.82, 2.24) is 15.1 Å². The van der Waals surface area contributed by atoms with Crippen molar-refractivity contribution in [3.05, 3.63) is 23.8 Å². The molecule has 2 heterocycles. The quantitative estimate of drug-likeness (QED) is 0.757. The number of alkyl halides is 1. The zero-order chi connectivity index (χ0) is 17.6. The first-order valence-electron chi connectivity index (χ1n) is 8.41. The molecule has 1 saturated heterocycles. The first-order valence-corrected chi connectivity index (χ1v) is 8.95. The third-order valence-corrected chi connectivity index (χ3v) is 4.57. The van der Waals surface area contributed by atoms with E-state index in [-0.39, 0.29) is 18.6 Å². The van der Waals surface area contributed by atoms with Gasteiger partial charge in [0.05, 0.1) is 0 Å². The molecule has 25 heavy (non-hydrogen) atoms. The van der Waals surface area contributed by atoms with Gasteiger partial charge in [0.1, 0.15) is 0 Å². The molecule has 1 aromatic rings. The number of fused-ring (bicyclic) bond motifs is 1. The van der Waals surface area contributed by atoms with Crippen molar-refractivity contribution in [3.8, 4) is 11.5 Å². The van der Waals surface area contributed by atoms with Crippen molar-refractivity contribution in [1.29, 1.82) is 0 Å². The zero-order valence-corrected chi connectivity index (χ0v) is 14.8. The van der Waals surface area contributed by atoms with Gasteiger partial charge in [0, 0.05) is 57.1 Å². The van der Waals surface area contributed by atoms with Crippen LogP contribution in [0.3, 0.4) is 0 Å². The van der Waals surface area contributed by atoms with E-state index in [1.165, 1.54) is 0 Å². The molecule has 8 heteroatoms. The number of hydrogen-bond acceptors (Lipinski definition) is 5. The molecule has 2 aliphatic heterocycles. The molecule has 0 aliphatic carbocycles. The number of carbonyl (C=O) groups is 2. The first-order chi connectivity index (χ1) is 12.2. The van der Waals surface area contributed by atoms with Crippen molar-refractivity contribution in [2.24, 2.45) is 0 Å². The van der Waals surface area contributed by atoms with E-state index in [0.717, 1.165) is 19.6 Å². The number of nitrogens with zero attached hydrogens (tertiary/aromatic N) is 2. The average Bonchev–Trinajstić information content (AvgIpc) is 3.10. The molecule has 0 saturated carbocycles. The molecule has 0 aromatic heterocycles. The number of ether oxygens (including phenoxy) is 2. The topological polar surface area (TPSA) is 71.1 Å². The van der Waals surface area contributed by atoms with Crippen molar-refractivity contribution in [3.63, 3.8) is 0 Å². The summed E-state index contributed by atoms with van der Waals surface area (Å²) in [5, 5.41) is 2.92. The highest BCUT2D eigenvalue weighted by Crippen LogP contribution is 2.32. The number of rotatable bonds is 6. The van der Waals surface area contributed by atoms with Crippen LogP contribution in [0.4, 0.5) is 0 Å². The highest BCUT2D eigenvalue weighted by Gasteiger charge is 2.20. The van der Waals surface area contributed by atoms with Crippen LogP contribution in [0, 0.1) is 0 Å². The van der Waals surface area contributed by atoms with E-state index in [4.69, 9.17) is 21.1 Å². The van der Waals surface area contributed by atoms with E-state index in [0.29, 0.717) is 49.0 Å². The van der Waals surface area contributed by atoms with Gasteiger partial charge in [-0.25, -0.2) is 0 Å². The molecular formula is C17H22ClN3O4. The molecule has 2 amide bonds. The normalized spacial score (nSPS) is 16.8. The Bertz CT molecular complexity index is 632. The van der Waals surface area contributed by atoms with E-state index in [1.807, 2.05) is 4.90 Å². The van der Waals surface area contributed by atoms with Crippen LogP contribution in [-0.4, -0.2) is 73.6 Å². The van der Waals surface area contributed by atoms with Gasteiger partial charge < -0.3 is 19.7 Å². The van der Waals surface area contributed by atoms with Crippen LogP contribution >= 0.6 is 11.6 Å². The van der Waals surface area contributed by atoms with Crippen LogP contribution in [-0.2, 0) is 4.79 Å². The Morgan fingerprint density at radius 2 is 1.88 bits per heavy atom. The van der Waals surface area contributed by atoms with Gasteiger partial charge in [-0.15, -0.1) is 11.6 Å². The number of benzene rings is 1. The van der Waals surface area contributed by atoms with Crippen LogP contribution in [0.5, 0.6) is 11.5 Å². The Morgan fingerprint density at radius 3 is 2.64 bits per heavy atom. The van der Waals surface area contributed by atoms with Crippen LogP contribution in [0.1, 0.15) is 16.8 Å². The van der Waals surface area contributed by atoms with Crippen molar-refractivity contribution in [2.45, 2.75) is 6.42 Å². The number of hydrogen-bond donors (Lipinski definition) is 1. The molecule has 0 atom stereocenters. The molecule has 0 unspecified atom stereocenters. The second kappa shape index (κ2) is 8.40. The van der Waals surface area contributed by atoms with E-state index in [9.17, 15) is 9.59 Å². The molecule has 0 spiro atoms. The standard InChI is InChI=1S/C17H22ClN3O4/c18-4-3-16(22)21-9-7-20(8-10-21)6-5-19-17(23)13-1-2-14-15(11-13)25-12-24-14/h1-2,11H,3-10,12H2,(H,19,23). The SMILES string of the molecule is O=C(NCCN1CCN(C(=O)CCCl)CC1)c1ccc2c(c1)OCO2. The monoisotopic (exact) mass is 367 g/mol.